The Hall–Kier alpha value is -3.35. The minimum Gasteiger partial charge on any atom is -0.382 e. The van der Waals surface area contributed by atoms with Gasteiger partial charge in [-0.05, 0) is 49.1 Å². The van der Waals surface area contributed by atoms with E-state index in [1.54, 1.807) is 12.5 Å². The van der Waals surface area contributed by atoms with Gasteiger partial charge in [0.25, 0.3) is 0 Å². The molecule has 4 heterocycles. The fraction of sp³-hybridized carbons (Fsp3) is 0.250. The van der Waals surface area contributed by atoms with Crippen LogP contribution >= 0.6 is 0 Å². The van der Waals surface area contributed by atoms with Crippen LogP contribution in [0.25, 0.3) is 22.6 Å². The molecule has 27 heavy (non-hydrogen) atoms. The van der Waals surface area contributed by atoms with Gasteiger partial charge in [0.15, 0.2) is 11.5 Å². The Morgan fingerprint density at radius 2 is 1.78 bits per heavy atom. The van der Waals surface area contributed by atoms with Crippen LogP contribution in [0.2, 0.25) is 0 Å². The van der Waals surface area contributed by atoms with Crippen LogP contribution in [-0.2, 0) is 13.0 Å². The number of hydrogen-bond acceptors (Lipinski definition) is 6. The number of aryl methyl sites for hydroxylation is 2. The summed E-state index contributed by atoms with van der Waals surface area (Å²) in [6.45, 7) is 0.877. The van der Waals surface area contributed by atoms with E-state index in [1.807, 2.05) is 29.0 Å². The molecule has 0 aliphatic carbocycles. The molecule has 0 aliphatic rings. The summed E-state index contributed by atoms with van der Waals surface area (Å²) in [4.78, 5) is 21.4. The molecule has 0 atom stereocenters. The molecule has 7 heteroatoms. The summed E-state index contributed by atoms with van der Waals surface area (Å²) in [5.41, 5.74) is 10.4. The van der Waals surface area contributed by atoms with Gasteiger partial charge in [-0.1, -0.05) is 12.5 Å². The lowest BCUT2D eigenvalue weighted by atomic mass is 10.1. The van der Waals surface area contributed by atoms with E-state index < -0.39 is 0 Å². The second-order valence-electron chi connectivity index (χ2n) is 6.44. The highest BCUT2D eigenvalue weighted by molar-refractivity contribution is 5.81. The van der Waals surface area contributed by atoms with Crippen LogP contribution in [0.1, 0.15) is 24.8 Å². The van der Waals surface area contributed by atoms with Crippen molar-refractivity contribution in [1.82, 2.24) is 29.5 Å². The van der Waals surface area contributed by atoms with Crippen molar-refractivity contribution in [2.75, 3.05) is 5.73 Å². The third-order valence-electron chi connectivity index (χ3n) is 4.55. The van der Waals surface area contributed by atoms with Crippen LogP contribution in [0, 0.1) is 0 Å². The normalized spacial score (nSPS) is 11.1. The second kappa shape index (κ2) is 7.90. The quantitative estimate of drug-likeness (QED) is 0.509. The first-order valence-electron chi connectivity index (χ1n) is 9.09. The topological polar surface area (TPSA) is 95.4 Å². The van der Waals surface area contributed by atoms with Crippen molar-refractivity contribution in [2.24, 2.45) is 0 Å². The number of rotatable bonds is 7. The Labute approximate surface area is 157 Å². The predicted octanol–water partition coefficient (Wildman–Crippen LogP) is 3.28. The lowest BCUT2D eigenvalue weighted by Gasteiger charge is -2.06. The number of nitrogens with zero attached hydrogens (tertiary/aromatic N) is 6. The number of fused-ring (bicyclic) bond motifs is 1. The lowest BCUT2D eigenvalue weighted by Crippen LogP contribution is -1.99. The van der Waals surface area contributed by atoms with E-state index >= 15 is 0 Å². The van der Waals surface area contributed by atoms with Crippen LogP contribution < -0.4 is 5.73 Å². The molecule has 0 fully saturated rings. The van der Waals surface area contributed by atoms with Gasteiger partial charge >= 0.3 is 0 Å². The molecule has 0 saturated carbocycles. The Kier molecular flexibility index (Phi) is 5.00. The summed E-state index contributed by atoms with van der Waals surface area (Å²) < 4.78 is 2.04. The van der Waals surface area contributed by atoms with Crippen LogP contribution in [0.15, 0.2) is 55.4 Å². The summed E-state index contributed by atoms with van der Waals surface area (Å²) in [7, 11) is 0. The van der Waals surface area contributed by atoms with E-state index in [0.717, 1.165) is 49.3 Å². The smallest absolute Gasteiger partial charge is 0.165 e. The Bertz CT molecular complexity index is 1030. The summed E-state index contributed by atoms with van der Waals surface area (Å²) in [5.74, 6) is 0.431. The highest BCUT2D eigenvalue weighted by Crippen LogP contribution is 2.17. The zero-order chi connectivity index (χ0) is 18.5. The van der Waals surface area contributed by atoms with Gasteiger partial charge in [-0.3, -0.25) is 9.97 Å². The molecule has 0 aliphatic heterocycles. The molecule has 0 radical (unpaired) electrons. The molecule has 0 unspecified atom stereocenters. The molecule has 4 aromatic rings. The first-order chi connectivity index (χ1) is 13.3. The zero-order valence-corrected chi connectivity index (χ0v) is 15.0. The molecule has 0 bridgehead atoms. The highest BCUT2D eigenvalue weighted by atomic mass is 15.1. The Balaban J connectivity index is 1.30. The summed E-state index contributed by atoms with van der Waals surface area (Å²) in [5, 5.41) is 0. The van der Waals surface area contributed by atoms with E-state index in [-0.39, 0.29) is 0 Å². The molecular formula is C20H21N7. The molecule has 136 valence electrons. The molecule has 0 amide bonds. The largest absolute Gasteiger partial charge is 0.382 e. The molecule has 4 rings (SSSR count). The van der Waals surface area contributed by atoms with Crippen molar-refractivity contribution in [3.8, 4) is 11.4 Å². The fourth-order valence-electron chi connectivity index (χ4n) is 3.13. The van der Waals surface area contributed by atoms with Gasteiger partial charge in [-0.25, -0.2) is 15.0 Å². The standard InChI is InChI=1S/C20H21N7/c21-19-18-20(25-13-24-19)27(14-26-18)11-5-1-2-6-15-8-10-23-17(12-15)16-7-3-4-9-22-16/h3-4,7-10,12-14H,1-2,5-6,11H2,(H2,21,24,25). The molecule has 4 aromatic heterocycles. The van der Waals surface area contributed by atoms with E-state index in [0.29, 0.717) is 11.3 Å². The van der Waals surface area contributed by atoms with Crippen molar-refractivity contribution in [3.05, 3.63) is 60.9 Å². The Morgan fingerprint density at radius 3 is 2.67 bits per heavy atom. The zero-order valence-electron chi connectivity index (χ0n) is 15.0. The van der Waals surface area contributed by atoms with Gasteiger partial charge in [0.05, 0.1) is 17.7 Å². The van der Waals surface area contributed by atoms with E-state index in [2.05, 4.69) is 37.1 Å². The van der Waals surface area contributed by atoms with Crippen LogP contribution in [-0.4, -0.2) is 29.5 Å². The van der Waals surface area contributed by atoms with E-state index in [9.17, 15) is 0 Å². The van der Waals surface area contributed by atoms with Crippen molar-refractivity contribution < 1.29 is 0 Å². The maximum absolute atomic E-state index is 5.83. The second-order valence-corrected chi connectivity index (χ2v) is 6.44. The van der Waals surface area contributed by atoms with Gasteiger partial charge in [-0.15, -0.1) is 0 Å². The highest BCUT2D eigenvalue weighted by Gasteiger charge is 2.07. The average Bonchev–Trinajstić information content (AvgIpc) is 3.13. The SMILES string of the molecule is Nc1ncnc2c1ncn2CCCCCc1ccnc(-c2ccccn2)c1. The summed E-state index contributed by atoms with van der Waals surface area (Å²) >= 11 is 0. The van der Waals surface area contributed by atoms with Crippen LogP contribution in [0.4, 0.5) is 5.82 Å². The van der Waals surface area contributed by atoms with Crippen molar-refractivity contribution in [1.29, 1.82) is 0 Å². The number of unbranched alkanes of at least 4 members (excludes halogenated alkanes) is 2. The number of anilines is 1. The Morgan fingerprint density at radius 1 is 0.852 bits per heavy atom. The fourth-order valence-corrected chi connectivity index (χ4v) is 3.13. The number of nitrogens with two attached hydrogens (primary N) is 1. The van der Waals surface area contributed by atoms with E-state index in [4.69, 9.17) is 5.73 Å². The minimum absolute atomic E-state index is 0.431. The number of imidazole rings is 1. The van der Waals surface area contributed by atoms with Gasteiger partial charge < -0.3 is 10.3 Å². The van der Waals surface area contributed by atoms with Gasteiger partial charge in [-0.2, -0.15) is 0 Å². The summed E-state index contributed by atoms with van der Waals surface area (Å²) in [6.07, 6.45) is 11.3. The van der Waals surface area contributed by atoms with Crippen molar-refractivity contribution in [3.63, 3.8) is 0 Å². The van der Waals surface area contributed by atoms with E-state index in [1.165, 1.54) is 11.9 Å². The molecular weight excluding hydrogens is 338 g/mol. The number of hydrogen-bond donors (Lipinski definition) is 1. The molecule has 0 saturated heterocycles. The summed E-state index contributed by atoms with van der Waals surface area (Å²) in [6, 6.07) is 10.1. The van der Waals surface area contributed by atoms with Crippen molar-refractivity contribution in [2.45, 2.75) is 32.2 Å². The molecule has 7 nitrogen and oxygen atoms in total. The minimum atomic E-state index is 0.431. The van der Waals surface area contributed by atoms with Gasteiger partial charge in [0.2, 0.25) is 0 Å². The first kappa shape index (κ1) is 17.1. The third-order valence-corrected chi connectivity index (χ3v) is 4.55. The number of aromatic nitrogens is 6. The van der Waals surface area contributed by atoms with Gasteiger partial charge in [0.1, 0.15) is 11.8 Å². The number of nitrogen functional groups attached to an aromatic ring is 1. The van der Waals surface area contributed by atoms with Crippen molar-refractivity contribution >= 4 is 17.0 Å². The maximum Gasteiger partial charge on any atom is 0.165 e. The lowest BCUT2D eigenvalue weighted by molar-refractivity contribution is 0.594. The average molecular weight is 359 g/mol. The molecule has 2 N–H and O–H groups in total. The van der Waals surface area contributed by atoms with Gasteiger partial charge in [0, 0.05) is 18.9 Å². The first-order valence-corrected chi connectivity index (χ1v) is 9.09. The monoisotopic (exact) mass is 359 g/mol. The maximum atomic E-state index is 5.83. The van der Waals surface area contributed by atoms with Crippen LogP contribution in [0.5, 0.6) is 0 Å². The predicted molar refractivity (Wildman–Crippen MR) is 105 cm³/mol. The number of pyridine rings is 2. The molecule has 0 spiro atoms. The van der Waals surface area contributed by atoms with Crippen LogP contribution in [0.3, 0.4) is 0 Å². The third kappa shape index (κ3) is 3.92. The molecule has 0 aromatic carbocycles.